The van der Waals surface area contributed by atoms with Crippen LogP contribution >= 0.6 is 0 Å². The molecule has 0 radical (unpaired) electrons. The number of carbonyl (C=O) groups excluding carboxylic acids is 1. The number of likely N-dealkylation sites (tertiary alicyclic amines) is 1. The molecule has 1 aromatic heterocycles. The second kappa shape index (κ2) is 10.8. The fourth-order valence-corrected chi connectivity index (χ4v) is 5.55. The van der Waals surface area contributed by atoms with Crippen LogP contribution in [0.4, 0.5) is 0 Å². The van der Waals surface area contributed by atoms with Crippen LogP contribution in [-0.4, -0.2) is 57.4 Å². The van der Waals surface area contributed by atoms with E-state index < -0.39 is 15.1 Å². The summed E-state index contributed by atoms with van der Waals surface area (Å²) in [6, 6.07) is 6.67. The van der Waals surface area contributed by atoms with Crippen molar-refractivity contribution in [1.29, 1.82) is 0 Å². The molecule has 2 heterocycles. The topological polar surface area (TPSA) is 95.3 Å². The number of sulfone groups is 1. The summed E-state index contributed by atoms with van der Waals surface area (Å²) >= 11 is 0. The van der Waals surface area contributed by atoms with E-state index in [4.69, 9.17) is 18.6 Å². The molecule has 1 aromatic carbocycles. The Hall–Kier alpha value is -2.68. The number of piperidine rings is 1. The minimum Gasteiger partial charge on any atom is -0.490 e. The van der Waals surface area contributed by atoms with Crippen LogP contribution in [0.3, 0.4) is 0 Å². The molecule has 8 nitrogen and oxygen atoms in total. The Bertz CT molecular complexity index is 966. The first-order chi connectivity index (χ1) is 15.4. The fourth-order valence-electron chi connectivity index (χ4n) is 3.82. The van der Waals surface area contributed by atoms with E-state index in [1.165, 1.54) is 6.26 Å². The van der Waals surface area contributed by atoms with Gasteiger partial charge in [0.05, 0.1) is 31.3 Å². The Balaban J connectivity index is 1.74. The van der Waals surface area contributed by atoms with Crippen molar-refractivity contribution in [2.45, 2.75) is 44.6 Å². The van der Waals surface area contributed by atoms with Crippen LogP contribution < -0.4 is 14.2 Å². The van der Waals surface area contributed by atoms with Crippen molar-refractivity contribution in [3.8, 4) is 17.2 Å². The Kier molecular flexibility index (Phi) is 8.06. The molecule has 1 amide bonds. The summed E-state index contributed by atoms with van der Waals surface area (Å²) in [5, 5.41) is -0.491. The van der Waals surface area contributed by atoms with Crippen LogP contribution in [0.1, 0.15) is 49.7 Å². The fraction of sp³-hybridized carbons (Fsp3) is 0.522. The van der Waals surface area contributed by atoms with E-state index in [0.29, 0.717) is 74.3 Å². The van der Waals surface area contributed by atoms with E-state index in [1.807, 2.05) is 20.8 Å². The molecule has 1 aliphatic rings. The van der Waals surface area contributed by atoms with Crippen LogP contribution in [0.2, 0.25) is 0 Å². The van der Waals surface area contributed by atoms with Gasteiger partial charge in [-0.3, -0.25) is 4.79 Å². The zero-order valence-electron chi connectivity index (χ0n) is 18.8. The van der Waals surface area contributed by atoms with Gasteiger partial charge in [-0.15, -0.1) is 0 Å². The van der Waals surface area contributed by atoms with Crippen molar-refractivity contribution in [2.24, 2.45) is 0 Å². The molecule has 0 spiro atoms. The van der Waals surface area contributed by atoms with Crippen molar-refractivity contribution in [2.75, 3.05) is 32.9 Å². The van der Waals surface area contributed by atoms with Crippen LogP contribution in [0.5, 0.6) is 17.2 Å². The Morgan fingerprint density at radius 1 is 1.03 bits per heavy atom. The number of benzene rings is 1. The standard InChI is InChI=1S/C23H31NO7S/c1-4-28-20-14-17(15-21(29-5-2)22(20)30-6-3)23(25)24-11-9-19(10-12-24)32(26,27)16-18-8-7-13-31-18/h7-8,13-15,19H,4-6,9-12,16H2,1-3H3. The number of rotatable bonds is 10. The van der Waals surface area contributed by atoms with Crippen molar-refractivity contribution in [1.82, 2.24) is 4.90 Å². The number of furan rings is 1. The summed E-state index contributed by atoms with van der Waals surface area (Å²) in [4.78, 5) is 14.9. The van der Waals surface area contributed by atoms with Crippen molar-refractivity contribution in [3.05, 3.63) is 41.9 Å². The Morgan fingerprint density at radius 2 is 1.62 bits per heavy atom. The minimum absolute atomic E-state index is 0.118. The lowest BCUT2D eigenvalue weighted by atomic mass is 10.1. The van der Waals surface area contributed by atoms with E-state index in [-0.39, 0.29) is 11.7 Å². The monoisotopic (exact) mass is 465 g/mol. The zero-order chi connectivity index (χ0) is 23.1. The van der Waals surface area contributed by atoms with Gasteiger partial charge in [-0.1, -0.05) is 0 Å². The lowest BCUT2D eigenvalue weighted by Gasteiger charge is -2.32. The van der Waals surface area contributed by atoms with Gasteiger partial charge >= 0.3 is 0 Å². The predicted octanol–water partition coefficient (Wildman–Crippen LogP) is 3.70. The van der Waals surface area contributed by atoms with E-state index in [9.17, 15) is 13.2 Å². The van der Waals surface area contributed by atoms with E-state index in [0.717, 1.165) is 0 Å². The molecule has 9 heteroatoms. The number of amides is 1. The van der Waals surface area contributed by atoms with Crippen LogP contribution in [-0.2, 0) is 15.6 Å². The van der Waals surface area contributed by atoms with Gasteiger partial charge in [0.2, 0.25) is 5.75 Å². The molecule has 3 rings (SSSR count). The number of hydrogen-bond donors (Lipinski definition) is 0. The van der Waals surface area contributed by atoms with Crippen molar-refractivity contribution in [3.63, 3.8) is 0 Å². The summed E-state index contributed by atoms with van der Waals surface area (Å²) in [7, 11) is -3.35. The third-order valence-electron chi connectivity index (χ3n) is 5.32. The van der Waals surface area contributed by atoms with Gasteiger partial charge in [0, 0.05) is 18.7 Å². The maximum absolute atomic E-state index is 13.2. The molecule has 1 aliphatic heterocycles. The molecular formula is C23H31NO7S. The highest BCUT2D eigenvalue weighted by Crippen LogP contribution is 2.39. The molecule has 0 bridgehead atoms. The maximum atomic E-state index is 13.2. The molecule has 0 saturated carbocycles. The third-order valence-corrected chi connectivity index (χ3v) is 7.49. The molecule has 0 unspecified atom stereocenters. The van der Waals surface area contributed by atoms with E-state index in [1.54, 1.807) is 29.2 Å². The molecule has 176 valence electrons. The molecule has 1 saturated heterocycles. The van der Waals surface area contributed by atoms with Crippen LogP contribution in [0.15, 0.2) is 34.9 Å². The summed E-state index contributed by atoms with van der Waals surface area (Å²) < 4.78 is 47.7. The van der Waals surface area contributed by atoms with Crippen LogP contribution in [0, 0.1) is 0 Å². The van der Waals surface area contributed by atoms with Crippen molar-refractivity contribution < 1.29 is 31.8 Å². The number of ether oxygens (including phenoxy) is 3. The normalized spacial score (nSPS) is 14.9. The van der Waals surface area contributed by atoms with Gasteiger partial charge in [0.25, 0.3) is 5.91 Å². The highest BCUT2D eigenvalue weighted by Gasteiger charge is 2.33. The average Bonchev–Trinajstić information content (AvgIpc) is 3.28. The van der Waals surface area contributed by atoms with Gasteiger partial charge in [-0.25, -0.2) is 8.42 Å². The summed E-state index contributed by atoms with van der Waals surface area (Å²) in [6.07, 6.45) is 2.25. The summed E-state index contributed by atoms with van der Waals surface area (Å²) in [5.41, 5.74) is 0.428. The molecule has 0 N–H and O–H groups in total. The quantitative estimate of drug-likeness (QED) is 0.528. The smallest absolute Gasteiger partial charge is 0.254 e. The highest BCUT2D eigenvalue weighted by molar-refractivity contribution is 7.91. The maximum Gasteiger partial charge on any atom is 0.254 e. The van der Waals surface area contributed by atoms with Crippen molar-refractivity contribution >= 4 is 15.7 Å². The predicted molar refractivity (Wildman–Crippen MR) is 120 cm³/mol. The molecular weight excluding hydrogens is 434 g/mol. The first-order valence-electron chi connectivity index (χ1n) is 11.0. The van der Waals surface area contributed by atoms with E-state index >= 15 is 0 Å². The SMILES string of the molecule is CCOc1cc(C(=O)N2CCC(S(=O)(=O)Cc3ccco3)CC2)cc(OCC)c1OCC. The average molecular weight is 466 g/mol. The summed E-state index contributed by atoms with van der Waals surface area (Å²) in [5.74, 6) is 1.53. The lowest BCUT2D eigenvalue weighted by Crippen LogP contribution is -2.42. The molecule has 1 fully saturated rings. The summed E-state index contributed by atoms with van der Waals surface area (Å²) in [6.45, 7) is 7.59. The largest absolute Gasteiger partial charge is 0.490 e. The Morgan fingerprint density at radius 3 is 2.12 bits per heavy atom. The first kappa shape index (κ1) is 24.0. The first-order valence-corrected chi connectivity index (χ1v) is 12.7. The van der Waals surface area contributed by atoms with Gasteiger partial charge < -0.3 is 23.5 Å². The number of nitrogens with zero attached hydrogens (tertiary/aromatic N) is 1. The van der Waals surface area contributed by atoms with Crippen LogP contribution in [0.25, 0.3) is 0 Å². The lowest BCUT2D eigenvalue weighted by molar-refractivity contribution is 0.0724. The number of hydrogen-bond acceptors (Lipinski definition) is 7. The molecule has 0 aliphatic carbocycles. The van der Waals surface area contributed by atoms with Gasteiger partial charge in [0.1, 0.15) is 11.5 Å². The van der Waals surface area contributed by atoms with Gasteiger partial charge in [-0.05, 0) is 57.9 Å². The second-order valence-electron chi connectivity index (χ2n) is 7.48. The zero-order valence-corrected chi connectivity index (χ0v) is 19.7. The molecule has 32 heavy (non-hydrogen) atoms. The molecule has 0 atom stereocenters. The molecule has 2 aromatic rings. The third kappa shape index (κ3) is 5.56. The second-order valence-corrected chi connectivity index (χ2v) is 9.76. The minimum atomic E-state index is -3.35. The Labute approximate surface area is 189 Å². The van der Waals surface area contributed by atoms with Gasteiger partial charge in [-0.2, -0.15) is 0 Å². The highest BCUT2D eigenvalue weighted by atomic mass is 32.2. The van der Waals surface area contributed by atoms with E-state index in [2.05, 4.69) is 0 Å². The number of carbonyl (C=O) groups is 1. The van der Waals surface area contributed by atoms with Gasteiger partial charge in [0.15, 0.2) is 21.3 Å².